The lowest BCUT2D eigenvalue weighted by Gasteiger charge is -2.35. The largest absolute Gasteiger partial charge is 0.310 e. The van der Waals surface area contributed by atoms with Crippen molar-refractivity contribution in [2.45, 2.75) is 5.41 Å². The van der Waals surface area contributed by atoms with Gasteiger partial charge in [-0.15, -0.1) is 0 Å². The molecule has 0 bridgehead atoms. The van der Waals surface area contributed by atoms with E-state index in [1.165, 1.54) is 77.1 Å². The molecule has 2 nitrogen and oxygen atoms in total. The molecular weight excluding hydrogens is 737 g/mol. The molecule has 0 aliphatic heterocycles. The van der Waals surface area contributed by atoms with Crippen LogP contribution in [0.5, 0.6) is 0 Å². The molecule has 1 aromatic heterocycles. The van der Waals surface area contributed by atoms with Crippen molar-refractivity contribution in [2.24, 2.45) is 0 Å². The Morgan fingerprint density at radius 3 is 1.62 bits per heavy atom. The van der Waals surface area contributed by atoms with E-state index >= 15 is 0 Å². The van der Waals surface area contributed by atoms with E-state index in [9.17, 15) is 0 Å². The fourth-order valence-corrected chi connectivity index (χ4v) is 10.2. The summed E-state index contributed by atoms with van der Waals surface area (Å²) in [7, 11) is 0. The normalized spacial score (nSPS) is 12.7. The topological polar surface area (TPSA) is 8.17 Å². The number of hydrogen-bond donors (Lipinski definition) is 0. The number of fused-ring (bicyclic) bond motifs is 8. The second kappa shape index (κ2) is 14.1. The number of aromatic nitrogens is 1. The van der Waals surface area contributed by atoms with E-state index in [-0.39, 0.29) is 0 Å². The standard InChI is InChI=1S/C59H40N2/c1-5-17-41(18-6-1)42-29-33-47(34-30-42)60(49-36-38-52-51-26-14-16-28-56(51)61(57(52)40-49)46-23-11-4-12-24-46)48-35-31-43-32-37-53-50-25-13-15-27-55(50)59(58(53)54(43)39-48,44-19-7-2-8-20-44)45-21-9-3-10-22-45/h1-40H. The highest BCUT2D eigenvalue weighted by atomic mass is 15.1. The minimum atomic E-state index is -0.524. The lowest BCUT2D eigenvalue weighted by Crippen LogP contribution is -2.28. The van der Waals surface area contributed by atoms with Gasteiger partial charge in [0.05, 0.1) is 16.4 Å². The molecular formula is C59H40N2. The maximum atomic E-state index is 2.45. The molecule has 1 aliphatic rings. The van der Waals surface area contributed by atoms with Gasteiger partial charge in [-0.1, -0.05) is 188 Å². The zero-order chi connectivity index (χ0) is 40.3. The molecule has 1 aliphatic carbocycles. The molecule has 2 heteroatoms. The molecule has 286 valence electrons. The Bertz CT molecular complexity index is 3350. The van der Waals surface area contributed by atoms with Crippen LogP contribution in [0.25, 0.3) is 60.5 Å². The molecule has 0 N–H and O–H groups in total. The van der Waals surface area contributed by atoms with E-state index in [0.717, 1.165) is 22.7 Å². The number of rotatable bonds is 7. The highest BCUT2D eigenvalue weighted by Crippen LogP contribution is 2.58. The number of benzene rings is 10. The summed E-state index contributed by atoms with van der Waals surface area (Å²) in [6.07, 6.45) is 0. The molecule has 1 heterocycles. The molecule has 0 atom stereocenters. The van der Waals surface area contributed by atoms with Crippen molar-refractivity contribution in [3.05, 3.63) is 265 Å². The monoisotopic (exact) mass is 776 g/mol. The Morgan fingerprint density at radius 1 is 0.344 bits per heavy atom. The summed E-state index contributed by atoms with van der Waals surface area (Å²) in [5.41, 5.74) is 16.4. The first-order chi connectivity index (χ1) is 30.3. The minimum Gasteiger partial charge on any atom is -0.310 e. The van der Waals surface area contributed by atoms with Crippen LogP contribution in [0.1, 0.15) is 22.3 Å². The van der Waals surface area contributed by atoms with Gasteiger partial charge in [0.1, 0.15) is 0 Å². The average Bonchev–Trinajstić information content (AvgIpc) is 3.84. The van der Waals surface area contributed by atoms with E-state index < -0.39 is 5.41 Å². The summed E-state index contributed by atoms with van der Waals surface area (Å²) in [5.74, 6) is 0. The first-order valence-electron chi connectivity index (χ1n) is 21.1. The summed E-state index contributed by atoms with van der Waals surface area (Å²) in [5, 5.41) is 4.92. The highest BCUT2D eigenvalue weighted by molar-refractivity contribution is 6.10. The third kappa shape index (κ3) is 5.43. The van der Waals surface area contributed by atoms with Gasteiger partial charge < -0.3 is 9.47 Å². The SMILES string of the molecule is c1ccc(-c2ccc(N(c3ccc4ccc5c(c4c3)C(c3ccccc3)(c3ccccc3)c3ccccc3-5)c3ccc4c5ccccc5n(-c5ccccc5)c4c3)cc2)cc1. The van der Waals surface area contributed by atoms with Gasteiger partial charge in [0.2, 0.25) is 0 Å². The van der Waals surface area contributed by atoms with Crippen LogP contribution in [-0.4, -0.2) is 4.57 Å². The summed E-state index contributed by atoms with van der Waals surface area (Å²) in [6.45, 7) is 0. The van der Waals surface area contributed by atoms with Gasteiger partial charge >= 0.3 is 0 Å². The maximum Gasteiger partial charge on any atom is 0.0719 e. The summed E-state index contributed by atoms with van der Waals surface area (Å²) in [6, 6.07) is 89.1. The summed E-state index contributed by atoms with van der Waals surface area (Å²) >= 11 is 0. The van der Waals surface area contributed by atoms with Crippen LogP contribution in [-0.2, 0) is 5.41 Å². The Morgan fingerprint density at radius 2 is 0.885 bits per heavy atom. The lowest BCUT2D eigenvalue weighted by molar-refractivity contribution is 0.775. The second-order valence-electron chi connectivity index (χ2n) is 16.1. The van der Waals surface area contributed by atoms with Gasteiger partial charge in [0.15, 0.2) is 0 Å². The van der Waals surface area contributed by atoms with E-state index in [2.05, 4.69) is 252 Å². The van der Waals surface area contributed by atoms with Gasteiger partial charge in [-0.25, -0.2) is 0 Å². The minimum absolute atomic E-state index is 0.524. The van der Waals surface area contributed by atoms with Crippen LogP contribution in [0.2, 0.25) is 0 Å². The van der Waals surface area contributed by atoms with Crippen molar-refractivity contribution in [1.82, 2.24) is 4.57 Å². The first kappa shape index (κ1) is 35.0. The van der Waals surface area contributed by atoms with Gasteiger partial charge in [0, 0.05) is 33.5 Å². The van der Waals surface area contributed by atoms with Gasteiger partial charge in [0.25, 0.3) is 0 Å². The van der Waals surface area contributed by atoms with Crippen LogP contribution >= 0.6 is 0 Å². The first-order valence-corrected chi connectivity index (χ1v) is 21.1. The number of anilines is 3. The Labute approximate surface area is 355 Å². The van der Waals surface area contributed by atoms with Gasteiger partial charge in [-0.3, -0.25) is 0 Å². The molecule has 0 saturated carbocycles. The zero-order valence-corrected chi connectivity index (χ0v) is 33.5. The van der Waals surface area contributed by atoms with E-state index in [4.69, 9.17) is 0 Å². The van der Waals surface area contributed by atoms with E-state index in [0.29, 0.717) is 0 Å². The molecule has 0 saturated heterocycles. The number of nitrogens with zero attached hydrogens (tertiary/aromatic N) is 2. The van der Waals surface area contributed by atoms with Crippen LogP contribution in [0, 0.1) is 0 Å². The van der Waals surface area contributed by atoms with Gasteiger partial charge in [-0.05, 0) is 110 Å². The van der Waals surface area contributed by atoms with Crippen molar-refractivity contribution >= 4 is 49.6 Å². The molecule has 0 amide bonds. The molecule has 0 unspecified atom stereocenters. The molecule has 0 fully saturated rings. The van der Waals surface area contributed by atoms with Crippen LogP contribution in [0.4, 0.5) is 17.1 Å². The van der Waals surface area contributed by atoms with Crippen molar-refractivity contribution in [3.63, 3.8) is 0 Å². The fraction of sp³-hybridized carbons (Fsp3) is 0.0169. The summed E-state index contributed by atoms with van der Waals surface area (Å²) < 4.78 is 2.41. The smallest absolute Gasteiger partial charge is 0.0719 e. The molecule has 0 radical (unpaired) electrons. The molecule has 61 heavy (non-hydrogen) atoms. The van der Waals surface area contributed by atoms with Crippen molar-refractivity contribution in [1.29, 1.82) is 0 Å². The molecule has 12 rings (SSSR count). The predicted molar refractivity (Wildman–Crippen MR) is 256 cm³/mol. The van der Waals surface area contributed by atoms with Crippen LogP contribution in [0.15, 0.2) is 243 Å². The second-order valence-corrected chi connectivity index (χ2v) is 16.1. The van der Waals surface area contributed by atoms with Crippen molar-refractivity contribution in [3.8, 4) is 27.9 Å². The molecule has 11 aromatic rings. The number of hydrogen-bond acceptors (Lipinski definition) is 1. The van der Waals surface area contributed by atoms with E-state index in [1.54, 1.807) is 0 Å². The third-order valence-electron chi connectivity index (χ3n) is 12.8. The molecule has 10 aromatic carbocycles. The van der Waals surface area contributed by atoms with Crippen molar-refractivity contribution in [2.75, 3.05) is 4.90 Å². The number of para-hydroxylation sites is 2. The zero-order valence-electron chi connectivity index (χ0n) is 33.5. The van der Waals surface area contributed by atoms with Crippen LogP contribution < -0.4 is 4.90 Å². The van der Waals surface area contributed by atoms with Gasteiger partial charge in [-0.2, -0.15) is 0 Å². The Hall–Kier alpha value is -7.94. The third-order valence-corrected chi connectivity index (χ3v) is 12.8. The van der Waals surface area contributed by atoms with Crippen LogP contribution in [0.3, 0.4) is 0 Å². The molecule has 0 spiro atoms. The average molecular weight is 777 g/mol. The quantitative estimate of drug-likeness (QED) is 0.156. The summed E-state index contributed by atoms with van der Waals surface area (Å²) in [4.78, 5) is 2.44. The van der Waals surface area contributed by atoms with Crippen molar-refractivity contribution < 1.29 is 0 Å². The fourth-order valence-electron chi connectivity index (χ4n) is 10.2. The predicted octanol–water partition coefficient (Wildman–Crippen LogP) is 15.4. The highest BCUT2D eigenvalue weighted by Gasteiger charge is 2.47. The van der Waals surface area contributed by atoms with E-state index in [1.807, 2.05) is 0 Å². The Balaban J connectivity index is 1.14. The lowest BCUT2D eigenvalue weighted by atomic mass is 9.66. The Kier molecular flexibility index (Phi) is 8.11. The maximum absolute atomic E-state index is 2.45.